The molecule has 0 saturated heterocycles. The van der Waals surface area contributed by atoms with E-state index in [1.165, 1.54) is 17.0 Å². The van der Waals surface area contributed by atoms with Crippen LogP contribution in [0.15, 0.2) is 34.8 Å². The van der Waals surface area contributed by atoms with E-state index in [9.17, 15) is 4.39 Å². The summed E-state index contributed by atoms with van der Waals surface area (Å²) in [4.78, 5) is 2.20. The molecule has 0 aliphatic heterocycles. The van der Waals surface area contributed by atoms with Gasteiger partial charge in [0.05, 0.1) is 5.38 Å². The number of halogens is 3. The summed E-state index contributed by atoms with van der Waals surface area (Å²) in [5, 5.41) is -0.302. The zero-order valence-electron chi connectivity index (χ0n) is 8.51. The van der Waals surface area contributed by atoms with Crippen molar-refractivity contribution < 1.29 is 4.39 Å². The number of aryl methyl sites for hydroxylation is 1. The molecule has 1 aromatic carbocycles. The molecule has 1 heterocycles. The van der Waals surface area contributed by atoms with Gasteiger partial charge in [-0.3, -0.25) is 0 Å². The Morgan fingerprint density at radius 1 is 1.38 bits per heavy atom. The van der Waals surface area contributed by atoms with Gasteiger partial charge in [-0.1, -0.05) is 12.1 Å². The van der Waals surface area contributed by atoms with E-state index >= 15 is 0 Å². The van der Waals surface area contributed by atoms with Gasteiger partial charge in [-0.2, -0.15) is 0 Å². The zero-order chi connectivity index (χ0) is 11.7. The highest BCUT2D eigenvalue weighted by atomic mass is 79.9. The molecule has 4 heteroatoms. The summed E-state index contributed by atoms with van der Waals surface area (Å²) in [6.07, 6.45) is 0. The highest BCUT2D eigenvalue weighted by Crippen LogP contribution is 2.39. The monoisotopic (exact) mass is 318 g/mol. The Labute approximate surface area is 111 Å². The Morgan fingerprint density at radius 2 is 2.12 bits per heavy atom. The van der Waals surface area contributed by atoms with E-state index in [-0.39, 0.29) is 11.2 Å². The van der Waals surface area contributed by atoms with E-state index in [2.05, 4.69) is 15.9 Å². The summed E-state index contributed by atoms with van der Waals surface area (Å²) in [7, 11) is 0. The molecule has 1 aromatic heterocycles. The van der Waals surface area contributed by atoms with Gasteiger partial charge in [-0.15, -0.1) is 22.9 Å². The van der Waals surface area contributed by atoms with Gasteiger partial charge in [-0.05, 0) is 46.6 Å². The van der Waals surface area contributed by atoms with Crippen LogP contribution in [0.1, 0.15) is 20.7 Å². The molecule has 2 rings (SSSR count). The van der Waals surface area contributed by atoms with E-state index in [0.29, 0.717) is 0 Å². The van der Waals surface area contributed by atoms with Crippen molar-refractivity contribution in [3.8, 4) is 0 Å². The van der Waals surface area contributed by atoms with Crippen LogP contribution in [-0.4, -0.2) is 0 Å². The van der Waals surface area contributed by atoms with Crippen LogP contribution < -0.4 is 0 Å². The minimum absolute atomic E-state index is 0.257. The lowest BCUT2D eigenvalue weighted by molar-refractivity contribution is 0.626. The van der Waals surface area contributed by atoms with E-state index in [4.69, 9.17) is 11.6 Å². The number of hydrogen-bond acceptors (Lipinski definition) is 1. The molecule has 0 bridgehead atoms. The van der Waals surface area contributed by atoms with Crippen LogP contribution >= 0.6 is 38.9 Å². The smallest absolute Gasteiger partial charge is 0.123 e. The predicted molar refractivity (Wildman–Crippen MR) is 70.9 cm³/mol. The molecule has 16 heavy (non-hydrogen) atoms. The largest absolute Gasteiger partial charge is 0.207 e. The topological polar surface area (TPSA) is 0 Å². The maximum Gasteiger partial charge on any atom is 0.123 e. The maximum atomic E-state index is 13.1. The molecule has 0 fully saturated rings. The third-order valence-corrected chi connectivity index (χ3v) is 4.84. The summed E-state index contributed by atoms with van der Waals surface area (Å²) in [5.74, 6) is -0.257. The number of thiophene rings is 1. The summed E-state index contributed by atoms with van der Waals surface area (Å²) in [6, 6.07) is 8.42. The molecule has 0 N–H and O–H groups in total. The summed E-state index contributed by atoms with van der Waals surface area (Å²) < 4.78 is 14.1. The average molecular weight is 320 g/mol. The van der Waals surface area contributed by atoms with Crippen LogP contribution in [0.4, 0.5) is 4.39 Å². The minimum atomic E-state index is -0.302. The van der Waals surface area contributed by atoms with Crippen molar-refractivity contribution in [2.75, 3.05) is 0 Å². The van der Waals surface area contributed by atoms with E-state index in [0.717, 1.165) is 14.9 Å². The van der Waals surface area contributed by atoms with Gasteiger partial charge in [0.1, 0.15) is 5.82 Å². The molecule has 1 atom stereocenters. The molecule has 0 nitrogen and oxygen atoms in total. The quantitative estimate of drug-likeness (QED) is 0.660. The van der Waals surface area contributed by atoms with Crippen LogP contribution in [0.3, 0.4) is 0 Å². The molecule has 0 aliphatic rings. The minimum Gasteiger partial charge on any atom is -0.207 e. The number of hydrogen-bond donors (Lipinski definition) is 0. The van der Waals surface area contributed by atoms with E-state index in [1.54, 1.807) is 17.4 Å². The molecule has 1 unspecified atom stereocenters. The van der Waals surface area contributed by atoms with Crippen molar-refractivity contribution in [3.05, 3.63) is 55.9 Å². The standard InChI is InChI=1S/C12H9BrClFS/c1-7-5-10(13)12(16-7)11(14)8-3-2-4-9(15)6-8/h2-6,11H,1H3. The van der Waals surface area contributed by atoms with E-state index in [1.807, 2.05) is 19.1 Å². The van der Waals surface area contributed by atoms with Crippen LogP contribution in [0.2, 0.25) is 0 Å². The first-order valence-electron chi connectivity index (χ1n) is 4.73. The highest BCUT2D eigenvalue weighted by Gasteiger charge is 2.16. The first-order valence-corrected chi connectivity index (χ1v) is 6.78. The summed E-state index contributed by atoms with van der Waals surface area (Å²) in [6.45, 7) is 2.02. The van der Waals surface area contributed by atoms with Crippen molar-refractivity contribution in [1.82, 2.24) is 0 Å². The average Bonchev–Trinajstić information content (AvgIpc) is 2.57. The fourth-order valence-electron chi connectivity index (χ4n) is 1.49. The van der Waals surface area contributed by atoms with Gasteiger partial charge in [0.2, 0.25) is 0 Å². The Bertz CT molecular complexity index is 509. The second kappa shape index (κ2) is 4.86. The lowest BCUT2D eigenvalue weighted by Gasteiger charge is -2.08. The van der Waals surface area contributed by atoms with Crippen molar-refractivity contribution >= 4 is 38.9 Å². The number of alkyl halides is 1. The Morgan fingerprint density at radius 3 is 2.69 bits per heavy atom. The fraction of sp³-hybridized carbons (Fsp3) is 0.167. The third kappa shape index (κ3) is 2.47. The Balaban J connectivity index is 2.38. The predicted octanol–water partition coefficient (Wildman–Crippen LogP) is 5.29. The Kier molecular flexibility index (Phi) is 3.67. The van der Waals surface area contributed by atoms with Crippen molar-refractivity contribution in [3.63, 3.8) is 0 Å². The normalized spacial score (nSPS) is 12.8. The molecular formula is C12H9BrClFS. The molecule has 2 aromatic rings. The zero-order valence-corrected chi connectivity index (χ0v) is 11.7. The summed E-state index contributed by atoms with van der Waals surface area (Å²) in [5.41, 5.74) is 0.782. The lowest BCUT2D eigenvalue weighted by atomic mass is 10.1. The SMILES string of the molecule is Cc1cc(Br)c(C(Cl)c2cccc(F)c2)s1. The molecule has 0 spiro atoms. The van der Waals surface area contributed by atoms with Crippen LogP contribution in [-0.2, 0) is 0 Å². The second-order valence-corrected chi connectivity index (χ2v) is 6.07. The van der Waals surface area contributed by atoms with Gasteiger partial charge < -0.3 is 0 Å². The first-order chi connectivity index (χ1) is 7.58. The van der Waals surface area contributed by atoms with Gasteiger partial charge in [-0.25, -0.2) is 4.39 Å². The van der Waals surface area contributed by atoms with Crippen molar-refractivity contribution in [2.45, 2.75) is 12.3 Å². The number of benzene rings is 1. The lowest BCUT2D eigenvalue weighted by Crippen LogP contribution is -1.91. The van der Waals surface area contributed by atoms with Crippen molar-refractivity contribution in [1.29, 1.82) is 0 Å². The number of rotatable bonds is 2. The molecule has 0 saturated carbocycles. The van der Waals surface area contributed by atoms with E-state index < -0.39 is 0 Å². The molecule has 0 amide bonds. The maximum absolute atomic E-state index is 13.1. The van der Waals surface area contributed by atoms with Gasteiger partial charge in [0, 0.05) is 14.2 Å². The Hall–Kier alpha value is -0.380. The third-order valence-electron chi connectivity index (χ3n) is 2.21. The van der Waals surface area contributed by atoms with Crippen LogP contribution in [0.25, 0.3) is 0 Å². The highest BCUT2D eigenvalue weighted by molar-refractivity contribution is 9.10. The fourth-order valence-corrected chi connectivity index (χ4v) is 3.89. The van der Waals surface area contributed by atoms with Gasteiger partial charge in [0.15, 0.2) is 0 Å². The molecule has 0 radical (unpaired) electrons. The first kappa shape index (κ1) is 12.1. The van der Waals surface area contributed by atoms with Crippen LogP contribution in [0.5, 0.6) is 0 Å². The van der Waals surface area contributed by atoms with Gasteiger partial charge in [0.25, 0.3) is 0 Å². The van der Waals surface area contributed by atoms with Crippen molar-refractivity contribution in [2.24, 2.45) is 0 Å². The van der Waals surface area contributed by atoms with Crippen LogP contribution in [0, 0.1) is 12.7 Å². The molecule has 0 aliphatic carbocycles. The summed E-state index contributed by atoms with van der Waals surface area (Å²) >= 11 is 11.4. The molecular weight excluding hydrogens is 311 g/mol. The molecule has 84 valence electrons. The second-order valence-electron chi connectivity index (χ2n) is 3.49. The van der Waals surface area contributed by atoms with Gasteiger partial charge >= 0.3 is 0 Å².